The van der Waals surface area contributed by atoms with Crippen LogP contribution in [0.2, 0.25) is 0 Å². The first kappa shape index (κ1) is 17.9. The van der Waals surface area contributed by atoms with Crippen molar-refractivity contribution in [2.75, 3.05) is 5.32 Å². The highest BCUT2D eigenvalue weighted by atomic mass is 32.1. The Kier molecular flexibility index (Phi) is 5.52. The van der Waals surface area contributed by atoms with Crippen molar-refractivity contribution in [1.82, 2.24) is 10.2 Å². The van der Waals surface area contributed by atoms with Crippen LogP contribution in [-0.2, 0) is 6.54 Å². The molecule has 2 atom stereocenters. The van der Waals surface area contributed by atoms with E-state index in [0.29, 0.717) is 23.2 Å². The molecule has 2 aromatic rings. The minimum Gasteiger partial charge on any atom is -0.360 e. The lowest BCUT2D eigenvalue weighted by molar-refractivity contribution is 0.0220. The Morgan fingerprint density at radius 3 is 2.54 bits per heavy atom. The number of rotatable bonds is 4. The minimum absolute atomic E-state index is 0.236. The Morgan fingerprint density at radius 2 is 1.88 bits per heavy atom. The van der Waals surface area contributed by atoms with Gasteiger partial charge in [-0.25, -0.2) is 4.39 Å². The maximum Gasteiger partial charge on any atom is 0.170 e. The zero-order valence-corrected chi connectivity index (χ0v) is 16.3. The summed E-state index contributed by atoms with van der Waals surface area (Å²) < 4.78 is 13.0. The second-order valence-electron chi connectivity index (χ2n) is 7.26. The topological polar surface area (TPSA) is 27.3 Å². The highest BCUT2D eigenvalue weighted by Gasteiger charge is 2.38. The number of benzene rings is 1. The highest BCUT2D eigenvalue weighted by Crippen LogP contribution is 2.35. The Hall–Kier alpha value is -1.50. The summed E-state index contributed by atoms with van der Waals surface area (Å²) >= 11 is 7.33. The molecule has 1 aromatic heterocycles. The van der Waals surface area contributed by atoms with E-state index in [-0.39, 0.29) is 5.82 Å². The molecule has 2 N–H and O–H groups in total. The van der Waals surface area contributed by atoms with Crippen LogP contribution in [-0.4, -0.2) is 28.1 Å². The third-order valence-electron chi connectivity index (χ3n) is 5.48. The minimum atomic E-state index is -0.236. The van der Waals surface area contributed by atoms with Gasteiger partial charge in [-0.1, -0.05) is 12.5 Å². The van der Waals surface area contributed by atoms with E-state index in [2.05, 4.69) is 33.0 Å². The molecule has 0 saturated carbocycles. The molecule has 1 aromatic carbocycles. The standard InChI is InChI=1S/C20H24FN3S2/c21-14-6-8-15(9-7-14)22-20(25)23-16-11-17-3-1-4-18(12-16)24(17)13-19-5-2-10-26-19/h2,5-10,16-18H,1,3-4,11-13H2,(H2,22,23,25)/t17-,18-/m0/s1. The average molecular weight is 390 g/mol. The summed E-state index contributed by atoms with van der Waals surface area (Å²) in [7, 11) is 0. The molecule has 4 rings (SSSR count). The zero-order chi connectivity index (χ0) is 17.9. The normalized spacial score (nSPS) is 25.7. The van der Waals surface area contributed by atoms with Gasteiger partial charge in [-0.15, -0.1) is 11.3 Å². The van der Waals surface area contributed by atoms with Crippen molar-refractivity contribution in [3.8, 4) is 0 Å². The van der Waals surface area contributed by atoms with Crippen LogP contribution in [0.3, 0.4) is 0 Å². The van der Waals surface area contributed by atoms with Gasteiger partial charge in [0.15, 0.2) is 5.11 Å². The predicted octanol–water partition coefficient (Wildman–Crippen LogP) is 4.76. The van der Waals surface area contributed by atoms with Crippen LogP contribution in [0.15, 0.2) is 41.8 Å². The fourth-order valence-corrected chi connectivity index (χ4v) is 5.32. The molecule has 0 spiro atoms. The first-order chi connectivity index (χ1) is 12.7. The van der Waals surface area contributed by atoms with Crippen LogP contribution in [0.4, 0.5) is 10.1 Å². The molecule has 3 nitrogen and oxygen atoms in total. The lowest BCUT2D eigenvalue weighted by Crippen LogP contribution is -2.56. The average Bonchev–Trinajstić information content (AvgIpc) is 3.11. The Labute approximate surface area is 163 Å². The molecule has 26 heavy (non-hydrogen) atoms. The van der Waals surface area contributed by atoms with Gasteiger partial charge in [-0.05, 0) is 73.6 Å². The molecular formula is C20H24FN3S2. The number of thiophene rings is 1. The fraction of sp³-hybridized carbons (Fsp3) is 0.450. The summed E-state index contributed by atoms with van der Waals surface area (Å²) in [6.07, 6.45) is 6.15. The molecule has 3 heterocycles. The predicted molar refractivity (Wildman–Crippen MR) is 110 cm³/mol. The quantitative estimate of drug-likeness (QED) is 0.738. The van der Waals surface area contributed by atoms with Crippen molar-refractivity contribution in [2.45, 2.75) is 56.8 Å². The molecule has 0 radical (unpaired) electrons. The summed E-state index contributed by atoms with van der Waals surface area (Å²) in [5.74, 6) is -0.236. The number of hydrogen-bond acceptors (Lipinski definition) is 3. The third-order valence-corrected chi connectivity index (χ3v) is 6.56. The number of halogens is 1. The Balaban J connectivity index is 1.34. The van der Waals surface area contributed by atoms with Crippen molar-refractivity contribution >= 4 is 34.4 Å². The molecule has 2 saturated heterocycles. The van der Waals surface area contributed by atoms with Crippen LogP contribution in [0, 0.1) is 5.82 Å². The van der Waals surface area contributed by atoms with Crippen LogP contribution in [0.25, 0.3) is 0 Å². The zero-order valence-electron chi connectivity index (χ0n) is 14.7. The van der Waals surface area contributed by atoms with Gasteiger partial charge in [0, 0.05) is 35.2 Å². The summed E-state index contributed by atoms with van der Waals surface area (Å²) in [6, 6.07) is 12.4. The van der Waals surface area contributed by atoms with E-state index in [1.807, 2.05) is 11.3 Å². The van der Waals surface area contributed by atoms with E-state index in [1.165, 1.54) is 36.3 Å². The van der Waals surface area contributed by atoms with Crippen molar-refractivity contribution in [1.29, 1.82) is 0 Å². The molecule has 0 amide bonds. The maximum atomic E-state index is 13.0. The van der Waals surface area contributed by atoms with Crippen molar-refractivity contribution in [2.24, 2.45) is 0 Å². The van der Waals surface area contributed by atoms with E-state index in [1.54, 1.807) is 12.1 Å². The summed E-state index contributed by atoms with van der Waals surface area (Å²) in [6.45, 7) is 1.08. The number of nitrogens with one attached hydrogen (secondary N) is 2. The van der Waals surface area contributed by atoms with Crippen molar-refractivity contribution in [3.63, 3.8) is 0 Å². The molecule has 0 unspecified atom stereocenters. The first-order valence-corrected chi connectivity index (χ1v) is 10.6. The number of hydrogen-bond donors (Lipinski definition) is 2. The Morgan fingerprint density at radius 1 is 1.15 bits per heavy atom. The van der Waals surface area contributed by atoms with Crippen molar-refractivity contribution in [3.05, 3.63) is 52.5 Å². The van der Waals surface area contributed by atoms with Gasteiger partial charge >= 0.3 is 0 Å². The van der Waals surface area contributed by atoms with Gasteiger partial charge in [0.05, 0.1) is 0 Å². The van der Waals surface area contributed by atoms with Crippen LogP contribution < -0.4 is 10.6 Å². The SMILES string of the molecule is Fc1ccc(NC(=S)NC2C[C@@H]3CCC[C@@H](C2)N3Cc2cccs2)cc1. The second kappa shape index (κ2) is 8.03. The summed E-state index contributed by atoms with van der Waals surface area (Å²) in [5.41, 5.74) is 0.819. The molecule has 2 aliphatic rings. The van der Waals surface area contributed by atoms with Crippen LogP contribution in [0.1, 0.15) is 37.0 Å². The molecule has 2 bridgehead atoms. The van der Waals surface area contributed by atoms with Gasteiger partial charge < -0.3 is 10.6 Å². The number of anilines is 1. The van der Waals surface area contributed by atoms with Gasteiger partial charge in [-0.3, -0.25) is 4.90 Å². The Bertz CT molecular complexity index is 718. The number of thiocarbonyl (C=S) groups is 1. The third kappa shape index (κ3) is 4.24. The molecule has 138 valence electrons. The monoisotopic (exact) mass is 389 g/mol. The smallest absolute Gasteiger partial charge is 0.170 e. The number of nitrogens with zero attached hydrogens (tertiary/aromatic N) is 1. The molecule has 2 fully saturated rings. The van der Waals surface area contributed by atoms with Gasteiger partial charge in [0.25, 0.3) is 0 Å². The lowest BCUT2D eigenvalue weighted by Gasteiger charge is -2.49. The van der Waals surface area contributed by atoms with E-state index in [4.69, 9.17) is 12.2 Å². The molecule has 0 aliphatic carbocycles. The van der Waals surface area contributed by atoms with E-state index < -0.39 is 0 Å². The lowest BCUT2D eigenvalue weighted by atomic mass is 9.81. The molecule has 6 heteroatoms. The van der Waals surface area contributed by atoms with Crippen LogP contribution in [0.5, 0.6) is 0 Å². The van der Waals surface area contributed by atoms with E-state index >= 15 is 0 Å². The van der Waals surface area contributed by atoms with E-state index in [0.717, 1.165) is 25.1 Å². The summed E-state index contributed by atoms with van der Waals surface area (Å²) in [5, 5.41) is 9.46. The first-order valence-electron chi connectivity index (χ1n) is 9.28. The largest absolute Gasteiger partial charge is 0.360 e. The number of piperidine rings is 2. The maximum absolute atomic E-state index is 13.0. The number of fused-ring (bicyclic) bond motifs is 2. The fourth-order valence-electron chi connectivity index (χ4n) is 4.32. The second-order valence-corrected chi connectivity index (χ2v) is 8.70. The summed E-state index contributed by atoms with van der Waals surface area (Å²) in [4.78, 5) is 4.17. The van der Waals surface area contributed by atoms with Gasteiger partial charge in [0.2, 0.25) is 0 Å². The van der Waals surface area contributed by atoms with E-state index in [9.17, 15) is 4.39 Å². The molecular weight excluding hydrogens is 365 g/mol. The van der Waals surface area contributed by atoms with Crippen molar-refractivity contribution < 1.29 is 4.39 Å². The highest BCUT2D eigenvalue weighted by molar-refractivity contribution is 7.80. The van der Waals surface area contributed by atoms with Crippen LogP contribution >= 0.6 is 23.6 Å². The van der Waals surface area contributed by atoms with Gasteiger partial charge in [0.1, 0.15) is 5.82 Å². The molecule has 2 aliphatic heterocycles. The van der Waals surface area contributed by atoms with Gasteiger partial charge in [-0.2, -0.15) is 0 Å².